The summed E-state index contributed by atoms with van der Waals surface area (Å²) < 4.78 is 5.46. The van der Waals surface area contributed by atoms with Crippen molar-refractivity contribution in [3.05, 3.63) is 35.7 Å². The summed E-state index contributed by atoms with van der Waals surface area (Å²) in [4.78, 5) is 21.9. The normalized spacial score (nSPS) is 20.4. The molecule has 1 aromatic carbocycles. The van der Waals surface area contributed by atoms with Gasteiger partial charge in [-0.1, -0.05) is 54.2 Å². The van der Waals surface area contributed by atoms with E-state index in [0.29, 0.717) is 18.3 Å². The second-order valence-corrected chi connectivity index (χ2v) is 9.11. The molecule has 1 saturated carbocycles. The fourth-order valence-corrected chi connectivity index (χ4v) is 4.57. The van der Waals surface area contributed by atoms with Crippen LogP contribution in [0, 0.1) is 18.3 Å². The summed E-state index contributed by atoms with van der Waals surface area (Å²) in [5.41, 5.74) is 1.46. The lowest BCUT2D eigenvalue weighted by Crippen LogP contribution is -2.58. The molecule has 0 spiro atoms. The van der Waals surface area contributed by atoms with Gasteiger partial charge in [-0.15, -0.1) is 0 Å². The van der Waals surface area contributed by atoms with Gasteiger partial charge in [0.15, 0.2) is 0 Å². The van der Waals surface area contributed by atoms with Crippen molar-refractivity contribution >= 4 is 5.91 Å². The number of amides is 1. The number of carbonyl (C=O) groups is 1. The summed E-state index contributed by atoms with van der Waals surface area (Å²) >= 11 is 0. The van der Waals surface area contributed by atoms with Gasteiger partial charge in [0.2, 0.25) is 17.6 Å². The smallest absolute Gasteiger partial charge is 0.241 e. The summed E-state index contributed by atoms with van der Waals surface area (Å²) in [6, 6.07) is 10.2. The maximum Gasteiger partial charge on any atom is 0.241 e. The van der Waals surface area contributed by atoms with E-state index in [4.69, 9.17) is 4.52 Å². The van der Waals surface area contributed by atoms with Crippen molar-refractivity contribution in [2.24, 2.45) is 0 Å². The van der Waals surface area contributed by atoms with Crippen LogP contribution in [0.2, 0.25) is 0 Å². The van der Waals surface area contributed by atoms with Crippen molar-refractivity contribution < 1.29 is 9.32 Å². The molecule has 2 fully saturated rings. The average Bonchev–Trinajstić information content (AvgIpc) is 3.28. The molecule has 0 bridgehead atoms. The molecule has 1 aliphatic heterocycles. The summed E-state index contributed by atoms with van der Waals surface area (Å²) in [6.45, 7) is 7.80. The van der Waals surface area contributed by atoms with E-state index in [9.17, 15) is 10.1 Å². The number of nitrogens with one attached hydrogen (secondary N) is 1. The number of carbonyl (C=O) groups excluding carboxylic acids is 1. The number of nitriles is 1. The molecule has 2 heterocycles. The van der Waals surface area contributed by atoms with Gasteiger partial charge in [0.05, 0.1) is 18.7 Å². The average molecular weight is 437 g/mol. The Kier molecular flexibility index (Phi) is 6.87. The summed E-state index contributed by atoms with van der Waals surface area (Å²) in [7, 11) is 0. The quantitative estimate of drug-likeness (QED) is 0.743. The lowest BCUT2D eigenvalue weighted by molar-refractivity contribution is -0.128. The standard InChI is InChI=1S/C24H32N6O2/c1-18-6-8-20(9-7-18)22-26-21(32-28-22)16-29-12-14-30(15-13-29)19(2)23(31)27-24(17-25)10-4-3-5-11-24/h6-9,19H,3-5,10-16H2,1-2H3,(H,27,31). The number of nitrogens with zero attached hydrogens (tertiary/aromatic N) is 5. The molecule has 1 aliphatic carbocycles. The van der Waals surface area contributed by atoms with E-state index in [0.717, 1.165) is 63.8 Å². The largest absolute Gasteiger partial charge is 0.338 e. The van der Waals surface area contributed by atoms with Crippen molar-refractivity contribution in [1.29, 1.82) is 5.26 Å². The maximum atomic E-state index is 12.9. The Morgan fingerprint density at radius 2 is 1.88 bits per heavy atom. The zero-order chi connectivity index (χ0) is 22.6. The highest BCUT2D eigenvalue weighted by atomic mass is 16.5. The van der Waals surface area contributed by atoms with Crippen molar-refractivity contribution in [2.45, 2.75) is 64.1 Å². The predicted octanol–water partition coefficient (Wildman–Crippen LogP) is 2.89. The number of hydrogen-bond donors (Lipinski definition) is 1. The van der Waals surface area contributed by atoms with Gasteiger partial charge in [-0.3, -0.25) is 14.6 Å². The Balaban J connectivity index is 1.27. The van der Waals surface area contributed by atoms with Gasteiger partial charge in [0.25, 0.3) is 0 Å². The highest BCUT2D eigenvalue weighted by molar-refractivity contribution is 5.82. The molecule has 2 aromatic rings. The number of aromatic nitrogens is 2. The van der Waals surface area contributed by atoms with E-state index in [1.165, 1.54) is 5.56 Å². The third-order valence-electron chi connectivity index (χ3n) is 6.75. The molecule has 1 N–H and O–H groups in total. The molecule has 1 unspecified atom stereocenters. The van der Waals surface area contributed by atoms with Crippen LogP contribution in [-0.4, -0.2) is 63.6 Å². The monoisotopic (exact) mass is 436 g/mol. The zero-order valence-electron chi connectivity index (χ0n) is 19.0. The Morgan fingerprint density at radius 1 is 1.19 bits per heavy atom. The van der Waals surface area contributed by atoms with Crippen molar-refractivity contribution in [1.82, 2.24) is 25.3 Å². The van der Waals surface area contributed by atoms with E-state index in [1.54, 1.807) is 0 Å². The number of hydrogen-bond acceptors (Lipinski definition) is 7. The zero-order valence-corrected chi connectivity index (χ0v) is 19.0. The molecule has 1 amide bonds. The van der Waals surface area contributed by atoms with Crippen LogP contribution in [0.5, 0.6) is 0 Å². The van der Waals surface area contributed by atoms with Crippen LogP contribution in [0.4, 0.5) is 0 Å². The van der Waals surface area contributed by atoms with Crippen LogP contribution in [0.3, 0.4) is 0 Å². The lowest BCUT2D eigenvalue weighted by atomic mass is 9.82. The maximum absolute atomic E-state index is 12.9. The number of rotatable bonds is 6. The highest BCUT2D eigenvalue weighted by Crippen LogP contribution is 2.28. The molecule has 170 valence electrons. The summed E-state index contributed by atoms with van der Waals surface area (Å²) in [5, 5.41) is 16.8. The summed E-state index contributed by atoms with van der Waals surface area (Å²) in [5.74, 6) is 1.17. The molecule has 0 radical (unpaired) electrons. The molecule has 1 aromatic heterocycles. The van der Waals surface area contributed by atoms with Gasteiger partial charge < -0.3 is 9.84 Å². The Bertz CT molecular complexity index is 950. The SMILES string of the molecule is Cc1ccc(-c2noc(CN3CCN(C(C)C(=O)NC4(C#N)CCCCC4)CC3)n2)cc1. The molecular weight excluding hydrogens is 404 g/mol. The van der Waals surface area contributed by atoms with Crippen LogP contribution >= 0.6 is 0 Å². The first-order valence-electron chi connectivity index (χ1n) is 11.6. The lowest BCUT2D eigenvalue weighted by Gasteiger charge is -2.38. The summed E-state index contributed by atoms with van der Waals surface area (Å²) in [6.07, 6.45) is 4.66. The predicted molar refractivity (Wildman–Crippen MR) is 120 cm³/mol. The van der Waals surface area contributed by atoms with E-state index >= 15 is 0 Å². The second kappa shape index (κ2) is 9.80. The van der Waals surface area contributed by atoms with E-state index in [-0.39, 0.29) is 11.9 Å². The number of aryl methyl sites for hydroxylation is 1. The Hall–Kier alpha value is -2.76. The fraction of sp³-hybridized carbons (Fsp3) is 0.583. The second-order valence-electron chi connectivity index (χ2n) is 9.11. The van der Waals surface area contributed by atoms with Crippen LogP contribution in [0.15, 0.2) is 28.8 Å². The van der Waals surface area contributed by atoms with E-state index in [2.05, 4.69) is 31.3 Å². The van der Waals surface area contributed by atoms with Gasteiger partial charge in [-0.2, -0.15) is 10.2 Å². The number of benzene rings is 1. The topological polar surface area (TPSA) is 98.3 Å². The van der Waals surface area contributed by atoms with Gasteiger partial charge >= 0.3 is 0 Å². The molecule has 8 heteroatoms. The molecule has 8 nitrogen and oxygen atoms in total. The minimum Gasteiger partial charge on any atom is -0.338 e. The van der Waals surface area contributed by atoms with Crippen LogP contribution < -0.4 is 5.32 Å². The van der Waals surface area contributed by atoms with E-state index < -0.39 is 5.54 Å². The van der Waals surface area contributed by atoms with Gasteiger partial charge in [0.1, 0.15) is 5.54 Å². The van der Waals surface area contributed by atoms with Gasteiger partial charge in [0, 0.05) is 31.7 Å². The molecular formula is C24H32N6O2. The highest BCUT2D eigenvalue weighted by Gasteiger charge is 2.36. The molecule has 4 rings (SSSR count). The first-order valence-corrected chi connectivity index (χ1v) is 11.6. The van der Waals surface area contributed by atoms with Crippen LogP contribution in [-0.2, 0) is 11.3 Å². The minimum absolute atomic E-state index is 0.0402. The van der Waals surface area contributed by atoms with Crippen molar-refractivity contribution in [2.75, 3.05) is 26.2 Å². The Morgan fingerprint density at radius 3 is 2.53 bits per heavy atom. The molecule has 2 aliphatic rings. The fourth-order valence-electron chi connectivity index (χ4n) is 4.57. The minimum atomic E-state index is -0.682. The van der Waals surface area contributed by atoms with Crippen molar-refractivity contribution in [3.8, 4) is 17.5 Å². The van der Waals surface area contributed by atoms with Crippen LogP contribution in [0.1, 0.15) is 50.5 Å². The Labute approximate surface area is 189 Å². The third-order valence-corrected chi connectivity index (χ3v) is 6.75. The molecule has 1 atom stereocenters. The molecule has 32 heavy (non-hydrogen) atoms. The van der Waals surface area contributed by atoms with Crippen molar-refractivity contribution in [3.63, 3.8) is 0 Å². The van der Waals surface area contributed by atoms with E-state index in [1.807, 2.05) is 38.1 Å². The third kappa shape index (κ3) is 5.17. The first-order chi connectivity index (χ1) is 15.5. The first kappa shape index (κ1) is 22.4. The van der Waals surface area contributed by atoms with Crippen LogP contribution in [0.25, 0.3) is 11.4 Å². The molecule has 1 saturated heterocycles. The number of piperazine rings is 1. The van der Waals surface area contributed by atoms with Gasteiger partial charge in [-0.25, -0.2) is 0 Å². The van der Waals surface area contributed by atoms with Gasteiger partial charge in [-0.05, 0) is 26.7 Å².